The normalized spacial score (nSPS) is 18.2. The summed E-state index contributed by atoms with van der Waals surface area (Å²) >= 11 is 1.40. The van der Waals surface area contributed by atoms with Crippen LogP contribution in [0.3, 0.4) is 0 Å². The monoisotopic (exact) mass is 673 g/mol. The second-order valence-electron chi connectivity index (χ2n) is 12.0. The van der Waals surface area contributed by atoms with E-state index in [-0.39, 0.29) is 29.6 Å². The van der Waals surface area contributed by atoms with Crippen LogP contribution in [0.25, 0.3) is 0 Å². The van der Waals surface area contributed by atoms with E-state index in [9.17, 15) is 14.4 Å². The minimum atomic E-state index is -0.562. The third-order valence-electron chi connectivity index (χ3n) is 8.69. The van der Waals surface area contributed by atoms with E-state index >= 15 is 0 Å². The van der Waals surface area contributed by atoms with E-state index in [4.69, 9.17) is 29.7 Å². The molecule has 1 aliphatic carbocycles. The number of carbonyl (C=O) groups is 3. The summed E-state index contributed by atoms with van der Waals surface area (Å²) in [6.07, 6.45) is 6.76. The number of nitrogens with one attached hydrogen (secondary N) is 2. The number of benzene rings is 1. The number of likely N-dealkylation sites (N-methyl/N-ethyl adjacent to an activating group) is 1. The van der Waals surface area contributed by atoms with Gasteiger partial charge in [0.05, 0.1) is 51.7 Å². The molecule has 4 rings (SSSR count). The molecule has 260 valence electrons. The highest BCUT2D eigenvalue weighted by Gasteiger charge is 2.40. The zero-order valence-electron chi connectivity index (χ0n) is 27.7. The van der Waals surface area contributed by atoms with Gasteiger partial charge in [-0.15, -0.1) is 11.3 Å². The third kappa shape index (κ3) is 11.0. The first-order valence-electron chi connectivity index (χ1n) is 16.9. The van der Waals surface area contributed by atoms with Crippen LogP contribution in [-0.2, 0) is 23.8 Å². The van der Waals surface area contributed by atoms with Crippen molar-refractivity contribution in [1.29, 1.82) is 0 Å². The van der Waals surface area contributed by atoms with Gasteiger partial charge >= 0.3 is 0 Å². The van der Waals surface area contributed by atoms with Gasteiger partial charge in [0.25, 0.3) is 0 Å². The van der Waals surface area contributed by atoms with Gasteiger partial charge in [0.15, 0.2) is 0 Å². The van der Waals surface area contributed by atoms with E-state index in [1.54, 1.807) is 43.6 Å². The fraction of sp³-hybridized carbons (Fsp3) is 0.647. The Balaban J connectivity index is 1.31. The summed E-state index contributed by atoms with van der Waals surface area (Å²) in [6, 6.07) is 5.86. The second kappa shape index (κ2) is 19.8. The summed E-state index contributed by atoms with van der Waals surface area (Å²) in [4.78, 5) is 47.0. The molecule has 1 aromatic carbocycles. The number of ketones is 1. The topological polar surface area (TPSA) is 154 Å². The SMILES string of the molecule is CNC(C)C(=O)N[C@H](C(=O)N1CCCC1c1nc(C(=O)c2cccc(OCCOCCOCCOCCN)c2)cs1)C1CCCCC1. The molecule has 0 spiro atoms. The molecule has 1 saturated heterocycles. The van der Waals surface area contributed by atoms with Crippen molar-refractivity contribution in [2.24, 2.45) is 11.7 Å². The van der Waals surface area contributed by atoms with Gasteiger partial charge in [-0.25, -0.2) is 4.98 Å². The summed E-state index contributed by atoms with van der Waals surface area (Å²) in [6.45, 7) is 6.05. The summed E-state index contributed by atoms with van der Waals surface area (Å²) in [5.74, 6) is 0.267. The number of rotatable bonds is 20. The zero-order chi connectivity index (χ0) is 33.4. The van der Waals surface area contributed by atoms with Gasteiger partial charge in [0, 0.05) is 24.0 Å². The van der Waals surface area contributed by atoms with Crippen LogP contribution in [0.4, 0.5) is 0 Å². The maximum absolute atomic E-state index is 14.1. The number of amides is 2. The van der Waals surface area contributed by atoms with E-state index in [2.05, 4.69) is 10.6 Å². The Morgan fingerprint density at radius 3 is 2.38 bits per heavy atom. The van der Waals surface area contributed by atoms with Crippen LogP contribution < -0.4 is 21.1 Å². The average Bonchev–Trinajstić information content (AvgIpc) is 3.80. The molecule has 2 amide bonds. The first-order valence-corrected chi connectivity index (χ1v) is 17.7. The van der Waals surface area contributed by atoms with Crippen LogP contribution in [0.1, 0.15) is 79.0 Å². The lowest BCUT2D eigenvalue weighted by atomic mass is 9.83. The lowest BCUT2D eigenvalue weighted by Gasteiger charge is -2.35. The molecule has 2 aromatic rings. The largest absolute Gasteiger partial charge is 0.491 e. The summed E-state index contributed by atoms with van der Waals surface area (Å²) in [5.41, 5.74) is 6.19. The van der Waals surface area contributed by atoms with Crippen LogP contribution in [-0.4, -0.2) is 106 Å². The van der Waals surface area contributed by atoms with Gasteiger partial charge in [-0.1, -0.05) is 31.4 Å². The highest BCUT2D eigenvalue weighted by atomic mass is 32.1. The Kier molecular flexibility index (Phi) is 15.5. The number of hydrogen-bond acceptors (Lipinski definition) is 11. The lowest BCUT2D eigenvalue weighted by Crippen LogP contribution is -2.55. The van der Waals surface area contributed by atoms with Crippen molar-refractivity contribution >= 4 is 28.9 Å². The van der Waals surface area contributed by atoms with Crippen LogP contribution in [0.15, 0.2) is 29.6 Å². The van der Waals surface area contributed by atoms with Gasteiger partial charge in [0.2, 0.25) is 17.6 Å². The van der Waals surface area contributed by atoms with Gasteiger partial charge in [0.1, 0.15) is 29.1 Å². The van der Waals surface area contributed by atoms with Crippen molar-refractivity contribution in [3.8, 4) is 5.75 Å². The molecule has 1 saturated carbocycles. The molecule has 2 unspecified atom stereocenters. The van der Waals surface area contributed by atoms with Crippen LogP contribution >= 0.6 is 11.3 Å². The Morgan fingerprint density at radius 2 is 1.68 bits per heavy atom. The minimum absolute atomic E-state index is 0.0478. The van der Waals surface area contributed by atoms with E-state index in [1.165, 1.54) is 11.3 Å². The maximum atomic E-state index is 14.1. The molecule has 13 heteroatoms. The highest BCUT2D eigenvalue weighted by Crippen LogP contribution is 2.36. The minimum Gasteiger partial charge on any atom is -0.491 e. The summed E-state index contributed by atoms with van der Waals surface area (Å²) in [5, 5.41) is 8.56. The fourth-order valence-corrected chi connectivity index (χ4v) is 6.93. The van der Waals surface area contributed by atoms with Crippen molar-refractivity contribution in [2.45, 2.75) is 70.0 Å². The molecule has 47 heavy (non-hydrogen) atoms. The number of aromatic nitrogens is 1. The van der Waals surface area contributed by atoms with E-state index in [1.807, 2.05) is 4.90 Å². The van der Waals surface area contributed by atoms with Gasteiger partial charge < -0.3 is 40.2 Å². The second-order valence-corrected chi connectivity index (χ2v) is 12.9. The molecule has 2 aliphatic rings. The molecular weight excluding hydrogens is 622 g/mol. The van der Waals surface area contributed by atoms with E-state index in [0.29, 0.717) is 76.3 Å². The van der Waals surface area contributed by atoms with Crippen molar-refractivity contribution in [3.05, 3.63) is 45.9 Å². The Labute approximate surface area is 282 Å². The molecule has 3 atom stereocenters. The number of nitrogens with two attached hydrogens (primary N) is 1. The number of likely N-dealkylation sites (tertiary alicyclic amines) is 1. The smallest absolute Gasteiger partial charge is 0.246 e. The number of carbonyl (C=O) groups excluding carboxylic acids is 3. The average molecular weight is 674 g/mol. The zero-order valence-corrected chi connectivity index (χ0v) is 28.6. The van der Waals surface area contributed by atoms with Crippen molar-refractivity contribution < 1.29 is 33.3 Å². The summed E-state index contributed by atoms with van der Waals surface area (Å²) in [7, 11) is 1.74. The molecule has 0 bridgehead atoms. The number of hydrogen-bond donors (Lipinski definition) is 3. The molecule has 1 aromatic heterocycles. The molecule has 12 nitrogen and oxygen atoms in total. The van der Waals surface area contributed by atoms with Gasteiger partial charge in [-0.05, 0) is 57.7 Å². The Hall–Kier alpha value is -2.94. The van der Waals surface area contributed by atoms with Crippen molar-refractivity contribution in [2.75, 3.05) is 66.4 Å². The van der Waals surface area contributed by atoms with Crippen LogP contribution in [0, 0.1) is 5.92 Å². The van der Waals surface area contributed by atoms with Crippen LogP contribution in [0.5, 0.6) is 5.75 Å². The highest BCUT2D eigenvalue weighted by molar-refractivity contribution is 7.10. The summed E-state index contributed by atoms with van der Waals surface area (Å²) < 4.78 is 22.0. The first-order chi connectivity index (χ1) is 22.9. The fourth-order valence-electron chi connectivity index (χ4n) is 5.99. The number of nitrogens with zero attached hydrogens (tertiary/aromatic N) is 2. The number of thiazole rings is 1. The van der Waals surface area contributed by atoms with E-state index < -0.39 is 12.1 Å². The van der Waals surface area contributed by atoms with Gasteiger partial charge in [-0.2, -0.15) is 0 Å². The number of ether oxygens (including phenoxy) is 4. The van der Waals surface area contributed by atoms with Gasteiger partial charge in [-0.3, -0.25) is 14.4 Å². The lowest BCUT2D eigenvalue weighted by molar-refractivity contribution is -0.139. The third-order valence-corrected chi connectivity index (χ3v) is 9.63. The molecule has 1 aliphatic heterocycles. The Morgan fingerprint density at radius 1 is 0.979 bits per heavy atom. The quantitative estimate of drug-likeness (QED) is 0.141. The molecule has 2 fully saturated rings. The maximum Gasteiger partial charge on any atom is 0.246 e. The molecule has 4 N–H and O–H groups in total. The van der Waals surface area contributed by atoms with E-state index in [0.717, 1.165) is 50.0 Å². The van der Waals surface area contributed by atoms with Crippen molar-refractivity contribution in [1.82, 2.24) is 20.5 Å². The molecule has 0 radical (unpaired) electrons. The predicted octanol–water partition coefficient (Wildman–Crippen LogP) is 3.10. The molecule has 2 heterocycles. The first kappa shape index (κ1) is 36.9. The standard InChI is InChI=1S/C34H51N5O7S/c1-24(36-2)32(41)38-30(25-8-4-3-5-9-25)34(42)39-14-7-12-29(39)33-37-28(23-47-33)31(40)26-10-6-11-27(22-26)46-21-20-45-19-18-44-17-16-43-15-13-35/h6,10-11,22-25,29-30,36H,3-5,7-9,12-21,35H2,1-2H3,(H,38,41)/t24?,29?,30-/m0/s1. The van der Waals surface area contributed by atoms with Crippen molar-refractivity contribution in [3.63, 3.8) is 0 Å². The Bertz CT molecular complexity index is 1270. The van der Waals surface area contributed by atoms with Crippen LogP contribution in [0.2, 0.25) is 0 Å². The predicted molar refractivity (Wildman–Crippen MR) is 180 cm³/mol. The molecular formula is C34H51N5O7S.